The number of methoxy groups -OCH3 is 1. The number of nitrogens with one attached hydrogen (secondary N) is 2. The molecule has 0 aliphatic carbocycles. The minimum absolute atomic E-state index is 0.240. The maximum Gasteiger partial charge on any atom is 0.406 e. The monoisotopic (exact) mass is 460 g/mol. The Morgan fingerprint density at radius 1 is 1.03 bits per heavy atom. The van der Waals surface area contributed by atoms with E-state index in [0.717, 1.165) is 34.1 Å². The molecule has 7 heteroatoms. The van der Waals surface area contributed by atoms with Crippen molar-refractivity contribution >= 4 is 17.4 Å². The van der Waals surface area contributed by atoms with Gasteiger partial charge in [0.05, 0.1) is 18.5 Å². The molecule has 1 unspecified atom stereocenters. The molecule has 0 radical (unpaired) electrons. The number of carbonyl (C=O) groups is 1. The Morgan fingerprint density at radius 2 is 1.74 bits per heavy atom. The highest BCUT2D eigenvalue weighted by atomic mass is 16.5. The number of ether oxygens (including phenoxy) is 2. The summed E-state index contributed by atoms with van der Waals surface area (Å²) in [5, 5.41) is 4.81. The van der Waals surface area contributed by atoms with E-state index in [-0.39, 0.29) is 6.10 Å². The summed E-state index contributed by atoms with van der Waals surface area (Å²) in [7, 11) is 3.39. The fraction of sp³-hybridized carbons (Fsp3) is 0.296. The highest BCUT2D eigenvalue weighted by molar-refractivity contribution is 5.83. The van der Waals surface area contributed by atoms with Crippen molar-refractivity contribution in [3.8, 4) is 11.4 Å². The number of rotatable bonds is 7. The molecule has 4 rings (SSSR count). The van der Waals surface area contributed by atoms with Crippen molar-refractivity contribution in [2.24, 2.45) is 0 Å². The quantitative estimate of drug-likeness (QED) is 0.502. The molecular formula is C27H32N4O3. The third kappa shape index (κ3) is 4.46. The minimum atomic E-state index is -0.447. The van der Waals surface area contributed by atoms with Gasteiger partial charge in [0.2, 0.25) is 0 Å². The van der Waals surface area contributed by atoms with Crippen molar-refractivity contribution < 1.29 is 14.3 Å². The maximum absolute atomic E-state index is 11.6. The molecule has 0 spiro atoms. The van der Waals surface area contributed by atoms with Crippen molar-refractivity contribution in [2.75, 3.05) is 25.7 Å². The molecule has 2 N–H and O–H groups in total. The Kier molecular flexibility index (Phi) is 6.82. The normalized spacial score (nSPS) is 13.4. The van der Waals surface area contributed by atoms with Gasteiger partial charge in [-0.3, -0.25) is 5.01 Å². The van der Waals surface area contributed by atoms with E-state index in [1.54, 1.807) is 0 Å². The van der Waals surface area contributed by atoms with Crippen LogP contribution in [0.5, 0.6) is 5.75 Å². The predicted molar refractivity (Wildman–Crippen MR) is 135 cm³/mol. The van der Waals surface area contributed by atoms with Crippen LogP contribution >= 0.6 is 0 Å². The number of anilines is 1. The first-order valence-electron chi connectivity index (χ1n) is 11.4. The van der Waals surface area contributed by atoms with E-state index in [2.05, 4.69) is 47.2 Å². The topological polar surface area (TPSA) is 67.8 Å². The second-order valence-corrected chi connectivity index (χ2v) is 8.44. The lowest BCUT2D eigenvalue weighted by Crippen LogP contribution is -2.33. The number of carbonyl (C=O) groups excluding carboxylic acids is 1. The zero-order valence-corrected chi connectivity index (χ0v) is 20.4. The van der Waals surface area contributed by atoms with Gasteiger partial charge in [0.15, 0.2) is 0 Å². The number of allylic oxidation sites excluding steroid dienone is 1. The highest BCUT2D eigenvalue weighted by Crippen LogP contribution is 2.41. The summed E-state index contributed by atoms with van der Waals surface area (Å²) in [6.45, 7) is 6.84. The Bertz CT molecular complexity index is 1200. The first-order chi connectivity index (χ1) is 16.4. The van der Waals surface area contributed by atoms with Crippen LogP contribution in [0.15, 0.2) is 60.8 Å². The molecule has 1 atom stereocenters. The second kappa shape index (κ2) is 9.95. The van der Waals surface area contributed by atoms with Crippen molar-refractivity contribution in [1.29, 1.82) is 0 Å². The van der Waals surface area contributed by atoms with E-state index in [1.165, 1.54) is 18.2 Å². The van der Waals surface area contributed by atoms with E-state index in [1.807, 2.05) is 61.8 Å². The summed E-state index contributed by atoms with van der Waals surface area (Å²) in [6.07, 6.45) is 1.94. The molecule has 0 saturated heterocycles. The molecule has 1 aliphatic heterocycles. The summed E-state index contributed by atoms with van der Waals surface area (Å²) in [5.74, 6) is 0.783. The van der Waals surface area contributed by atoms with Gasteiger partial charge in [-0.05, 0) is 44.0 Å². The summed E-state index contributed by atoms with van der Waals surface area (Å²) < 4.78 is 13.6. The maximum atomic E-state index is 11.6. The SMILES string of the molecule is COC(=O)NCCC(Oc1ccccc1-n1c(C)c2c(c1C)N(C)NC=C2C)c1ccccc1. The summed E-state index contributed by atoms with van der Waals surface area (Å²) >= 11 is 0. The van der Waals surface area contributed by atoms with Crippen molar-refractivity contribution in [1.82, 2.24) is 15.3 Å². The van der Waals surface area contributed by atoms with Gasteiger partial charge < -0.3 is 24.8 Å². The van der Waals surface area contributed by atoms with E-state index in [4.69, 9.17) is 9.47 Å². The van der Waals surface area contributed by atoms with Crippen LogP contribution in [0.1, 0.15) is 42.0 Å². The Balaban J connectivity index is 1.72. The van der Waals surface area contributed by atoms with Crippen LogP contribution in [-0.4, -0.2) is 31.4 Å². The van der Waals surface area contributed by atoms with Gasteiger partial charge in [-0.1, -0.05) is 42.5 Å². The van der Waals surface area contributed by atoms with Crippen molar-refractivity contribution in [3.63, 3.8) is 0 Å². The van der Waals surface area contributed by atoms with Gasteiger partial charge >= 0.3 is 6.09 Å². The summed E-state index contributed by atoms with van der Waals surface area (Å²) in [4.78, 5) is 11.6. The molecular weight excluding hydrogens is 428 g/mol. The lowest BCUT2D eigenvalue weighted by molar-refractivity contribution is 0.164. The molecule has 178 valence electrons. The van der Waals surface area contributed by atoms with Crippen molar-refractivity contribution in [2.45, 2.75) is 33.3 Å². The van der Waals surface area contributed by atoms with Gasteiger partial charge in [0.25, 0.3) is 0 Å². The Morgan fingerprint density at radius 3 is 2.44 bits per heavy atom. The number of hydrogen-bond donors (Lipinski definition) is 2. The number of amides is 1. The van der Waals surface area contributed by atoms with Gasteiger partial charge in [-0.25, -0.2) is 4.79 Å². The number of para-hydroxylation sites is 2. The highest BCUT2D eigenvalue weighted by Gasteiger charge is 2.26. The number of aromatic nitrogens is 1. The van der Waals surface area contributed by atoms with Gasteiger partial charge in [0, 0.05) is 43.2 Å². The number of hydrazine groups is 1. The molecule has 1 aliphatic rings. The molecule has 7 nitrogen and oxygen atoms in total. The lowest BCUT2D eigenvalue weighted by atomic mass is 10.1. The minimum Gasteiger partial charge on any atom is -0.483 e. The fourth-order valence-electron chi connectivity index (χ4n) is 4.63. The van der Waals surface area contributed by atoms with E-state index >= 15 is 0 Å². The van der Waals surface area contributed by atoms with Gasteiger partial charge in [-0.2, -0.15) is 0 Å². The van der Waals surface area contributed by atoms with E-state index < -0.39 is 6.09 Å². The summed E-state index contributed by atoms with van der Waals surface area (Å²) in [5.41, 5.74) is 11.2. The molecule has 0 bridgehead atoms. The number of nitrogens with zero attached hydrogens (tertiary/aromatic N) is 2. The molecule has 2 heterocycles. The molecule has 0 fully saturated rings. The Hall–Kier alpha value is -3.87. The Labute approximate surface area is 201 Å². The molecule has 1 amide bonds. The first-order valence-corrected chi connectivity index (χ1v) is 11.4. The standard InChI is InChI=1S/C27H32N4O3/c1-18-17-29-30(4)26-20(3)31(19(2)25(18)26)22-13-9-10-14-24(22)34-23(15-16-28-27(32)33-5)21-11-7-6-8-12-21/h6-14,17,23,29H,15-16H2,1-5H3,(H,28,32). The molecule has 1 aromatic heterocycles. The van der Waals surface area contributed by atoms with Crippen LogP contribution in [-0.2, 0) is 4.74 Å². The molecule has 34 heavy (non-hydrogen) atoms. The largest absolute Gasteiger partial charge is 0.483 e. The van der Waals surface area contributed by atoms with Crippen LogP contribution in [0.4, 0.5) is 10.5 Å². The summed E-state index contributed by atoms with van der Waals surface area (Å²) in [6, 6.07) is 18.2. The lowest BCUT2D eigenvalue weighted by Gasteiger charge is -2.26. The van der Waals surface area contributed by atoms with Crippen molar-refractivity contribution in [3.05, 3.63) is 83.3 Å². The first kappa shape index (κ1) is 23.3. The average Bonchev–Trinajstić information content (AvgIpc) is 3.12. The van der Waals surface area contributed by atoms with Gasteiger partial charge in [-0.15, -0.1) is 0 Å². The van der Waals surface area contributed by atoms with E-state index in [0.29, 0.717) is 13.0 Å². The predicted octanol–water partition coefficient (Wildman–Crippen LogP) is 5.28. The smallest absolute Gasteiger partial charge is 0.406 e. The fourth-order valence-corrected chi connectivity index (χ4v) is 4.63. The van der Waals surface area contributed by atoms with Gasteiger partial charge in [0.1, 0.15) is 11.9 Å². The number of alkyl carbamates (subject to hydrolysis) is 1. The average molecular weight is 461 g/mol. The van der Waals surface area contributed by atoms with Crippen LogP contribution in [0.2, 0.25) is 0 Å². The molecule has 0 saturated carbocycles. The molecule has 2 aromatic carbocycles. The third-order valence-corrected chi connectivity index (χ3v) is 6.22. The molecule has 3 aromatic rings. The third-order valence-electron chi connectivity index (χ3n) is 6.22. The van der Waals surface area contributed by atoms with Crippen LogP contribution in [0.3, 0.4) is 0 Å². The number of hydrogen-bond acceptors (Lipinski definition) is 5. The van der Waals surface area contributed by atoms with Crippen LogP contribution in [0.25, 0.3) is 11.3 Å². The van der Waals surface area contributed by atoms with Crippen LogP contribution < -0.4 is 20.5 Å². The van der Waals surface area contributed by atoms with Crippen LogP contribution in [0, 0.1) is 13.8 Å². The zero-order chi connectivity index (χ0) is 24.2. The second-order valence-electron chi connectivity index (χ2n) is 8.44. The zero-order valence-electron chi connectivity index (χ0n) is 20.4. The number of fused-ring (bicyclic) bond motifs is 1. The van der Waals surface area contributed by atoms with E-state index in [9.17, 15) is 4.79 Å². The number of benzene rings is 2.